The van der Waals surface area contributed by atoms with Gasteiger partial charge in [-0.2, -0.15) is 0 Å². The molecule has 1 aliphatic rings. The van der Waals surface area contributed by atoms with Gasteiger partial charge in [-0.15, -0.1) is 10.2 Å². The minimum atomic E-state index is -0.422. The van der Waals surface area contributed by atoms with E-state index in [9.17, 15) is 9.59 Å². The van der Waals surface area contributed by atoms with Crippen LogP contribution in [0.1, 0.15) is 50.6 Å². The molecule has 174 valence electrons. The van der Waals surface area contributed by atoms with Crippen molar-refractivity contribution in [2.45, 2.75) is 62.9 Å². The predicted octanol–water partition coefficient (Wildman–Crippen LogP) is 3.37. The second kappa shape index (κ2) is 10.6. The third kappa shape index (κ3) is 5.59. The van der Waals surface area contributed by atoms with Crippen LogP contribution in [0.5, 0.6) is 0 Å². The molecule has 0 spiro atoms. The molecule has 4 heterocycles. The van der Waals surface area contributed by atoms with Gasteiger partial charge in [-0.3, -0.25) is 19.1 Å². The average molecular weight is 470 g/mol. The first-order valence-electron chi connectivity index (χ1n) is 11.1. The van der Waals surface area contributed by atoms with Gasteiger partial charge in [0.15, 0.2) is 16.8 Å². The largest absolute Gasteiger partial charge is 0.360 e. The fourth-order valence-corrected chi connectivity index (χ4v) is 4.67. The number of carbonyl (C=O) groups is 2. The van der Waals surface area contributed by atoms with Crippen LogP contribution in [0, 0.1) is 6.92 Å². The lowest BCUT2D eigenvalue weighted by Gasteiger charge is -2.21. The number of thioether (sulfide) groups is 1. The predicted molar refractivity (Wildman–Crippen MR) is 123 cm³/mol. The van der Waals surface area contributed by atoms with E-state index in [-0.39, 0.29) is 11.8 Å². The monoisotopic (exact) mass is 469 g/mol. The Morgan fingerprint density at radius 3 is 2.91 bits per heavy atom. The van der Waals surface area contributed by atoms with Gasteiger partial charge in [-0.1, -0.05) is 30.3 Å². The lowest BCUT2D eigenvalue weighted by molar-refractivity contribution is -0.131. The van der Waals surface area contributed by atoms with E-state index in [1.54, 1.807) is 25.4 Å². The van der Waals surface area contributed by atoms with Crippen LogP contribution >= 0.6 is 11.8 Å². The van der Waals surface area contributed by atoms with E-state index in [0.29, 0.717) is 48.5 Å². The molecule has 33 heavy (non-hydrogen) atoms. The Balaban J connectivity index is 1.59. The van der Waals surface area contributed by atoms with Gasteiger partial charge in [0.25, 0.3) is 0 Å². The van der Waals surface area contributed by atoms with Crippen molar-refractivity contribution < 1.29 is 14.1 Å². The lowest BCUT2D eigenvalue weighted by atomic mass is 10.2. The van der Waals surface area contributed by atoms with Crippen LogP contribution in [0.2, 0.25) is 0 Å². The maximum atomic E-state index is 12.9. The van der Waals surface area contributed by atoms with Crippen molar-refractivity contribution in [3.8, 4) is 5.69 Å². The van der Waals surface area contributed by atoms with Gasteiger partial charge >= 0.3 is 0 Å². The zero-order valence-corrected chi connectivity index (χ0v) is 19.5. The fraction of sp³-hybridized carbons (Fsp3) is 0.455. The van der Waals surface area contributed by atoms with Gasteiger partial charge in [-0.05, 0) is 38.3 Å². The first-order valence-corrected chi connectivity index (χ1v) is 12.0. The number of pyridine rings is 1. The molecule has 0 aliphatic carbocycles. The van der Waals surface area contributed by atoms with Crippen LogP contribution < -0.4 is 5.32 Å². The summed E-state index contributed by atoms with van der Waals surface area (Å²) in [5.74, 6) is 1.58. The normalized spacial score (nSPS) is 15.3. The molecule has 10 nitrogen and oxygen atoms in total. The van der Waals surface area contributed by atoms with Gasteiger partial charge in [0.2, 0.25) is 11.8 Å². The average Bonchev–Trinajstić information content (AvgIpc) is 3.35. The van der Waals surface area contributed by atoms with E-state index >= 15 is 0 Å². The summed E-state index contributed by atoms with van der Waals surface area (Å²) in [6, 6.07) is 5.42. The first-order chi connectivity index (χ1) is 16.0. The highest BCUT2D eigenvalue weighted by Crippen LogP contribution is 2.29. The van der Waals surface area contributed by atoms with Gasteiger partial charge < -0.3 is 14.7 Å². The Hall–Kier alpha value is -3.21. The number of aromatic nitrogens is 5. The number of nitrogens with one attached hydrogen (secondary N) is 1. The van der Waals surface area contributed by atoms with Crippen LogP contribution in [0.25, 0.3) is 5.69 Å². The van der Waals surface area contributed by atoms with Crippen molar-refractivity contribution in [3.05, 3.63) is 42.2 Å². The highest BCUT2D eigenvalue weighted by Gasteiger charge is 2.26. The molecule has 4 rings (SSSR count). The second-order valence-electron chi connectivity index (χ2n) is 7.90. The van der Waals surface area contributed by atoms with E-state index in [2.05, 4.69) is 25.7 Å². The van der Waals surface area contributed by atoms with Crippen LogP contribution in [0.15, 0.2) is 40.3 Å². The SMILES string of the molecule is CCC(Sc1nnc(CN2CCCCCC2=O)n1-c1cccnc1)C(=O)Nc1cc(C)on1. The number of carbonyl (C=O) groups excluding carboxylic acids is 2. The van der Waals surface area contributed by atoms with E-state index in [0.717, 1.165) is 24.9 Å². The van der Waals surface area contributed by atoms with Crippen LogP contribution in [-0.2, 0) is 16.1 Å². The maximum Gasteiger partial charge on any atom is 0.239 e. The highest BCUT2D eigenvalue weighted by atomic mass is 32.2. The van der Waals surface area contributed by atoms with E-state index in [4.69, 9.17) is 4.52 Å². The lowest BCUT2D eigenvalue weighted by Crippen LogP contribution is -2.31. The minimum Gasteiger partial charge on any atom is -0.360 e. The molecule has 1 saturated heterocycles. The molecule has 0 bridgehead atoms. The van der Waals surface area contributed by atoms with Gasteiger partial charge in [0.1, 0.15) is 5.76 Å². The second-order valence-corrected chi connectivity index (χ2v) is 9.07. The molecule has 2 amide bonds. The summed E-state index contributed by atoms with van der Waals surface area (Å²) in [5, 5.41) is 15.6. The summed E-state index contributed by atoms with van der Waals surface area (Å²) in [5.41, 5.74) is 0.782. The van der Waals surface area contributed by atoms with Gasteiger partial charge in [0.05, 0.1) is 23.7 Å². The Morgan fingerprint density at radius 1 is 1.30 bits per heavy atom. The molecule has 3 aromatic rings. The van der Waals surface area contributed by atoms with Crippen molar-refractivity contribution in [1.29, 1.82) is 0 Å². The number of rotatable bonds is 8. The molecule has 1 aliphatic heterocycles. The molecule has 11 heteroatoms. The van der Waals surface area contributed by atoms with Crippen molar-refractivity contribution in [2.75, 3.05) is 11.9 Å². The quantitative estimate of drug-likeness (QED) is 0.499. The number of anilines is 1. The van der Waals surface area contributed by atoms with E-state index in [1.165, 1.54) is 11.8 Å². The molecule has 0 saturated carbocycles. The van der Waals surface area contributed by atoms with Crippen LogP contribution in [0.3, 0.4) is 0 Å². The molecule has 1 unspecified atom stereocenters. The fourth-order valence-electron chi connectivity index (χ4n) is 3.68. The number of aryl methyl sites for hydroxylation is 1. The summed E-state index contributed by atoms with van der Waals surface area (Å²) in [4.78, 5) is 31.5. The Kier molecular flexibility index (Phi) is 7.38. The van der Waals surface area contributed by atoms with Gasteiger partial charge in [0, 0.05) is 25.2 Å². The van der Waals surface area contributed by atoms with Gasteiger partial charge in [-0.25, -0.2) is 0 Å². The number of likely N-dealkylation sites (tertiary alicyclic amines) is 1. The van der Waals surface area contributed by atoms with Crippen molar-refractivity contribution >= 4 is 29.4 Å². The summed E-state index contributed by atoms with van der Waals surface area (Å²) in [6.45, 7) is 4.77. The number of amides is 2. The molecule has 1 atom stereocenters. The highest BCUT2D eigenvalue weighted by molar-refractivity contribution is 8.00. The topological polar surface area (TPSA) is 119 Å². The van der Waals surface area contributed by atoms with Crippen molar-refractivity contribution in [2.24, 2.45) is 0 Å². The zero-order chi connectivity index (χ0) is 23.2. The van der Waals surface area contributed by atoms with E-state index < -0.39 is 5.25 Å². The molecule has 1 N–H and O–H groups in total. The van der Waals surface area contributed by atoms with E-state index in [1.807, 2.05) is 28.5 Å². The zero-order valence-electron chi connectivity index (χ0n) is 18.7. The Bertz CT molecular complexity index is 1100. The molecule has 1 fully saturated rings. The third-order valence-electron chi connectivity index (χ3n) is 5.40. The summed E-state index contributed by atoms with van der Waals surface area (Å²) in [7, 11) is 0. The number of hydrogen-bond acceptors (Lipinski definition) is 8. The third-order valence-corrected chi connectivity index (χ3v) is 6.71. The summed E-state index contributed by atoms with van der Waals surface area (Å²) < 4.78 is 6.91. The van der Waals surface area contributed by atoms with Crippen LogP contribution in [0.4, 0.5) is 5.82 Å². The number of nitrogens with zero attached hydrogens (tertiary/aromatic N) is 6. The van der Waals surface area contributed by atoms with Crippen LogP contribution in [-0.4, -0.2) is 53.4 Å². The smallest absolute Gasteiger partial charge is 0.239 e. The minimum absolute atomic E-state index is 0.135. The maximum absolute atomic E-state index is 12.9. The first kappa shape index (κ1) is 23.0. The molecular formula is C22H27N7O3S. The Morgan fingerprint density at radius 2 is 2.18 bits per heavy atom. The Labute approximate surface area is 196 Å². The molecule has 3 aromatic heterocycles. The summed E-state index contributed by atoms with van der Waals surface area (Å²) >= 11 is 1.32. The molecule has 0 radical (unpaired) electrons. The number of hydrogen-bond donors (Lipinski definition) is 1. The van der Waals surface area contributed by atoms with Crippen molar-refractivity contribution in [3.63, 3.8) is 0 Å². The summed E-state index contributed by atoms with van der Waals surface area (Å²) in [6.07, 6.45) is 7.51. The molecule has 0 aromatic carbocycles. The van der Waals surface area contributed by atoms with Crippen molar-refractivity contribution in [1.82, 2.24) is 29.8 Å². The standard InChI is InChI=1S/C22H27N7O3S/c1-3-17(21(31)24-18-12-15(2)32-27-18)33-22-26-25-19(29(22)16-8-7-10-23-13-16)14-28-11-6-4-5-9-20(28)30/h7-8,10,12-13,17H,3-6,9,11,14H2,1-2H3,(H,24,27,31). The molecular weight excluding hydrogens is 442 g/mol.